The molecule has 63 heavy (non-hydrogen) atoms. The molecule has 0 bridgehead atoms. The second-order valence-corrected chi connectivity index (χ2v) is 19.6. The maximum absolute atomic E-state index is 13.2. The molecule has 23 heteroatoms. The first kappa shape index (κ1) is 48.4. The molecule has 4 aromatic rings. The van der Waals surface area contributed by atoms with E-state index in [0.717, 1.165) is 0 Å². The number of nitrogens with one attached hydrogen (secondary N) is 1. The van der Waals surface area contributed by atoms with Crippen molar-refractivity contribution in [2.24, 2.45) is 5.73 Å². The Morgan fingerprint density at radius 2 is 1.02 bits per heavy atom. The molecule has 2 aliphatic rings. The van der Waals surface area contributed by atoms with Gasteiger partial charge < -0.3 is 20.9 Å². The molecule has 2 aromatic carbocycles. The fourth-order valence-electron chi connectivity index (χ4n) is 6.08. The number of amides is 5. The first-order chi connectivity index (χ1) is 29.8. The molecule has 336 valence electrons. The maximum Gasteiger partial charge on any atom is 0.324 e. The number of hydrogen-bond acceptors (Lipinski definition) is 12. The molecule has 6 rings (SSSR count). The lowest BCUT2D eigenvalue weighted by Gasteiger charge is -2.33. The molecule has 2 aliphatic heterocycles. The van der Waals surface area contributed by atoms with Gasteiger partial charge in [0, 0.05) is 71.1 Å². The van der Waals surface area contributed by atoms with Crippen LogP contribution in [0, 0.1) is 0 Å². The van der Waals surface area contributed by atoms with E-state index in [-0.39, 0.29) is 86.2 Å². The van der Waals surface area contributed by atoms with Crippen LogP contribution in [0.25, 0.3) is 0 Å². The van der Waals surface area contributed by atoms with Crippen LogP contribution in [0.2, 0.25) is 10.0 Å². The van der Waals surface area contributed by atoms with E-state index in [9.17, 15) is 49.6 Å². The van der Waals surface area contributed by atoms with E-state index in [2.05, 4.69) is 9.97 Å². The Balaban J connectivity index is 0.000000240. The summed E-state index contributed by atoms with van der Waals surface area (Å²) in [6.45, 7) is -0.120. The van der Waals surface area contributed by atoms with Crippen molar-refractivity contribution in [3.05, 3.63) is 118 Å². The number of alkyl halides is 2. The van der Waals surface area contributed by atoms with Crippen molar-refractivity contribution >= 4 is 83.8 Å². The minimum Gasteiger partial charge on any atom is -0.344 e. The zero-order valence-corrected chi connectivity index (χ0v) is 36.6. The van der Waals surface area contributed by atoms with Crippen molar-refractivity contribution < 1.29 is 49.6 Å². The number of aromatic nitrogens is 2. The minimum absolute atomic E-state index is 0.0142. The van der Waals surface area contributed by atoms with E-state index in [4.69, 9.17) is 28.9 Å². The summed E-state index contributed by atoms with van der Waals surface area (Å²) in [5.41, 5.74) is 7.98. The van der Waals surface area contributed by atoms with Gasteiger partial charge in [0.15, 0.2) is 31.2 Å². The van der Waals surface area contributed by atoms with Crippen LogP contribution in [-0.4, -0.2) is 135 Å². The number of ketones is 2. The van der Waals surface area contributed by atoms with Gasteiger partial charge in [0.2, 0.25) is 0 Å². The molecule has 0 saturated carbocycles. The number of hydrogen-bond donors (Lipinski definition) is 2. The summed E-state index contributed by atoms with van der Waals surface area (Å²) in [7, 11) is -6.28. The zero-order chi connectivity index (χ0) is 45.9. The molecule has 3 N–H and O–H groups in total. The number of rotatable bonds is 12. The van der Waals surface area contributed by atoms with Gasteiger partial charge in [-0.15, -0.1) is 0 Å². The molecule has 4 heterocycles. The number of Topliss-reactive ketones (excluding diaryl/α,β-unsaturated/α-hetero) is 2. The Labute approximate surface area is 372 Å². The van der Waals surface area contributed by atoms with Crippen LogP contribution in [0.1, 0.15) is 32.1 Å². The fraction of sp³-hybridized carbons (Fsp3) is 0.325. The van der Waals surface area contributed by atoms with Gasteiger partial charge in [-0.05, 0) is 72.8 Å². The van der Waals surface area contributed by atoms with Gasteiger partial charge >= 0.3 is 18.5 Å². The lowest BCUT2D eigenvalue weighted by molar-refractivity contribution is -0.131. The number of halogens is 4. The molecule has 5 amide bonds. The van der Waals surface area contributed by atoms with Crippen molar-refractivity contribution in [3.8, 4) is 0 Å². The molecule has 0 radical (unpaired) electrons. The van der Waals surface area contributed by atoms with Gasteiger partial charge in [-0.25, -0.2) is 26.4 Å². The van der Waals surface area contributed by atoms with E-state index >= 15 is 0 Å². The van der Waals surface area contributed by atoms with Crippen molar-refractivity contribution in [1.82, 2.24) is 25.1 Å². The van der Waals surface area contributed by atoms with Gasteiger partial charge in [-0.1, -0.05) is 23.2 Å². The highest BCUT2D eigenvalue weighted by atomic mass is 35.5. The summed E-state index contributed by atoms with van der Waals surface area (Å²) >= 11 is 11.9. The SMILES string of the molecule is NCC(=O)c1ccc(CN(C(=O)N2CCS(=O)(=O)CC2)c2ccc(Cl)cc2)nc1.O=C(CNC(=O)C(F)F)c1ccc(CN(C(=O)N2CCS(=O)(=O)CC2)c2ccc(Cl)cc2)nc1. The predicted octanol–water partition coefficient (Wildman–Crippen LogP) is 3.89. The Morgan fingerprint density at radius 3 is 1.35 bits per heavy atom. The summed E-state index contributed by atoms with van der Waals surface area (Å²) in [6, 6.07) is 18.8. The molecular formula is C40H42Cl2F2N8O9S2. The lowest BCUT2D eigenvalue weighted by Crippen LogP contribution is -2.49. The molecule has 0 spiro atoms. The third-order valence-electron chi connectivity index (χ3n) is 9.71. The third-order valence-corrected chi connectivity index (χ3v) is 13.4. The molecule has 17 nitrogen and oxygen atoms in total. The van der Waals surface area contributed by atoms with Crippen molar-refractivity contribution in [3.63, 3.8) is 0 Å². The molecule has 2 saturated heterocycles. The summed E-state index contributed by atoms with van der Waals surface area (Å²) in [6.07, 6.45) is -0.558. The number of anilines is 2. The number of carbonyl (C=O) groups is 5. The monoisotopic (exact) mass is 950 g/mol. The average Bonchev–Trinajstić information content (AvgIpc) is 3.27. The predicted molar refractivity (Wildman–Crippen MR) is 232 cm³/mol. The molecule has 2 fully saturated rings. The van der Waals surface area contributed by atoms with Crippen LogP contribution in [0.4, 0.5) is 29.7 Å². The first-order valence-electron chi connectivity index (χ1n) is 19.1. The third kappa shape index (κ3) is 13.9. The fourth-order valence-corrected chi connectivity index (χ4v) is 8.74. The van der Waals surface area contributed by atoms with E-state index in [0.29, 0.717) is 38.4 Å². The van der Waals surface area contributed by atoms with Gasteiger partial charge in [0.1, 0.15) is 0 Å². The highest BCUT2D eigenvalue weighted by Crippen LogP contribution is 2.24. The van der Waals surface area contributed by atoms with Gasteiger partial charge in [-0.2, -0.15) is 8.78 Å². The number of pyridine rings is 2. The zero-order valence-electron chi connectivity index (χ0n) is 33.4. The van der Waals surface area contributed by atoms with Crippen LogP contribution in [0.15, 0.2) is 85.2 Å². The molecule has 0 aliphatic carbocycles. The number of urea groups is 2. The van der Waals surface area contributed by atoms with Crippen LogP contribution in [0.5, 0.6) is 0 Å². The standard InChI is InChI=1S/C21H21ClF2N4O5S.C19H21ClN4O4S/c22-15-2-5-17(6-3-15)28(21(31)27-7-9-34(32,33)10-8-27)13-16-4-1-14(11-25-16)18(29)12-26-20(30)19(23)24;20-15-2-5-17(6-3-15)24(19(26)23-7-9-29(27,28)10-8-23)13-16-4-1-14(12-22-16)18(25)11-21/h1-6,11,19H,7-10,12-13H2,(H,26,30);1-6,12H,7-11,13,21H2. The van der Waals surface area contributed by atoms with Crippen molar-refractivity contribution in [1.29, 1.82) is 0 Å². The summed E-state index contributed by atoms with van der Waals surface area (Å²) in [5, 5.41) is 2.84. The van der Waals surface area contributed by atoms with E-state index < -0.39 is 50.4 Å². The van der Waals surface area contributed by atoms with E-state index in [1.807, 2.05) is 5.32 Å². The molecule has 2 aromatic heterocycles. The Hall–Kier alpha value is -5.61. The molecular weight excluding hydrogens is 910 g/mol. The number of carbonyl (C=O) groups excluding carboxylic acids is 5. The number of nitrogens with zero attached hydrogens (tertiary/aromatic N) is 6. The van der Waals surface area contributed by atoms with Crippen LogP contribution < -0.4 is 20.9 Å². The minimum atomic E-state index is -3.22. The largest absolute Gasteiger partial charge is 0.344 e. The summed E-state index contributed by atoms with van der Waals surface area (Å²) in [4.78, 5) is 75.4. The molecule has 0 unspecified atom stereocenters. The smallest absolute Gasteiger partial charge is 0.324 e. The number of sulfone groups is 2. The highest BCUT2D eigenvalue weighted by molar-refractivity contribution is 7.91. The van der Waals surface area contributed by atoms with Gasteiger partial charge in [0.25, 0.3) is 5.91 Å². The first-order valence-corrected chi connectivity index (χ1v) is 23.5. The Bertz CT molecular complexity index is 2480. The Morgan fingerprint density at radius 1 is 0.635 bits per heavy atom. The van der Waals surface area contributed by atoms with Gasteiger partial charge in [0.05, 0.1) is 60.6 Å². The quantitative estimate of drug-likeness (QED) is 0.193. The second kappa shape index (κ2) is 21.7. The topological polar surface area (TPSA) is 230 Å². The average molecular weight is 952 g/mol. The van der Waals surface area contributed by atoms with Crippen LogP contribution >= 0.6 is 23.2 Å². The Kier molecular flexibility index (Phi) is 16.6. The maximum atomic E-state index is 13.2. The van der Waals surface area contributed by atoms with E-state index in [1.165, 1.54) is 44.1 Å². The van der Waals surface area contributed by atoms with Gasteiger partial charge in [-0.3, -0.25) is 34.2 Å². The van der Waals surface area contributed by atoms with Crippen molar-refractivity contribution in [2.75, 3.05) is 72.1 Å². The lowest BCUT2D eigenvalue weighted by atomic mass is 10.1. The normalized spacial score (nSPS) is 15.4. The number of nitrogens with two attached hydrogens (primary N) is 1. The second-order valence-electron chi connectivity index (χ2n) is 14.1. The van der Waals surface area contributed by atoms with E-state index in [1.54, 1.807) is 60.7 Å². The molecule has 0 atom stereocenters. The summed E-state index contributed by atoms with van der Waals surface area (Å²) in [5.74, 6) is -2.71. The van der Waals surface area contributed by atoms with Crippen LogP contribution in [0.3, 0.4) is 0 Å². The highest BCUT2D eigenvalue weighted by Gasteiger charge is 2.31. The summed E-state index contributed by atoms with van der Waals surface area (Å²) < 4.78 is 71.3. The number of benzene rings is 2. The van der Waals surface area contributed by atoms with Crippen LogP contribution in [-0.2, 0) is 37.6 Å². The van der Waals surface area contributed by atoms with Crippen molar-refractivity contribution in [2.45, 2.75) is 19.5 Å².